The monoisotopic (exact) mass is 289 g/mol. The number of benzene rings is 1. The molecule has 3 rings (SSSR count). The second-order valence-corrected chi connectivity index (χ2v) is 6.04. The number of hydrogen-bond acceptors (Lipinski definition) is 3. The molecule has 1 aliphatic heterocycles. The van der Waals surface area contributed by atoms with Crippen LogP contribution in [-0.4, -0.2) is 27.5 Å². The summed E-state index contributed by atoms with van der Waals surface area (Å²) in [5, 5.41) is 2.92. The smallest absolute Gasteiger partial charge is 0.234 e. The van der Waals surface area contributed by atoms with Gasteiger partial charge < -0.3 is 9.88 Å². The van der Waals surface area contributed by atoms with Crippen LogP contribution in [0, 0.1) is 0 Å². The summed E-state index contributed by atoms with van der Waals surface area (Å²) in [5.41, 5.74) is 3.01. The van der Waals surface area contributed by atoms with Gasteiger partial charge in [0.05, 0.1) is 16.8 Å². The number of amides is 1. The van der Waals surface area contributed by atoms with E-state index in [0.29, 0.717) is 5.75 Å². The molecule has 1 aromatic carbocycles. The van der Waals surface area contributed by atoms with Gasteiger partial charge in [-0.05, 0) is 37.3 Å². The third-order valence-corrected chi connectivity index (χ3v) is 4.22. The van der Waals surface area contributed by atoms with Gasteiger partial charge in [0.25, 0.3) is 0 Å². The first-order chi connectivity index (χ1) is 9.78. The quantitative estimate of drug-likeness (QED) is 0.944. The highest BCUT2D eigenvalue weighted by Gasteiger charge is 2.13. The van der Waals surface area contributed by atoms with Crippen molar-refractivity contribution < 1.29 is 4.79 Å². The Balaban J connectivity index is 1.90. The average molecular weight is 289 g/mol. The summed E-state index contributed by atoms with van der Waals surface area (Å²) >= 11 is 1.53. The molecule has 0 unspecified atom stereocenters. The molecular weight excluding hydrogens is 270 g/mol. The standard InChI is InChI=1S/C15H19N3OS/c1-20-10-15(19)16-11-6-7-13-12(9-11)17-14-5-3-2-4-8-18(13)14/h6-7,9H,2-5,8,10H2,1H3,(H,16,19). The topological polar surface area (TPSA) is 46.9 Å². The molecule has 2 heterocycles. The third kappa shape index (κ3) is 2.68. The zero-order chi connectivity index (χ0) is 13.9. The number of anilines is 1. The fourth-order valence-corrected chi connectivity index (χ4v) is 3.09. The predicted molar refractivity (Wildman–Crippen MR) is 84.3 cm³/mol. The summed E-state index contributed by atoms with van der Waals surface area (Å²) in [6.07, 6.45) is 6.72. The van der Waals surface area contributed by atoms with Crippen molar-refractivity contribution in [3.8, 4) is 0 Å². The Morgan fingerprint density at radius 2 is 2.30 bits per heavy atom. The van der Waals surface area contributed by atoms with E-state index in [1.807, 2.05) is 18.4 Å². The minimum atomic E-state index is 0.0395. The molecule has 0 spiro atoms. The van der Waals surface area contributed by atoms with E-state index in [9.17, 15) is 4.79 Å². The van der Waals surface area contributed by atoms with E-state index >= 15 is 0 Å². The molecule has 0 atom stereocenters. The number of rotatable bonds is 3. The van der Waals surface area contributed by atoms with E-state index in [2.05, 4.69) is 16.0 Å². The molecule has 1 aliphatic rings. The van der Waals surface area contributed by atoms with Gasteiger partial charge in [-0.2, -0.15) is 11.8 Å². The molecule has 0 radical (unpaired) electrons. The molecular formula is C15H19N3OS. The van der Waals surface area contributed by atoms with Crippen molar-refractivity contribution >= 4 is 34.4 Å². The van der Waals surface area contributed by atoms with Crippen LogP contribution in [-0.2, 0) is 17.8 Å². The van der Waals surface area contributed by atoms with Gasteiger partial charge in [-0.25, -0.2) is 4.98 Å². The van der Waals surface area contributed by atoms with Crippen LogP contribution < -0.4 is 5.32 Å². The summed E-state index contributed by atoms with van der Waals surface area (Å²) in [6, 6.07) is 6.03. The minimum absolute atomic E-state index is 0.0395. The second-order valence-electron chi connectivity index (χ2n) is 5.18. The maximum Gasteiger partial charge on any atom is 0.234 e. The van der Waals surface area contributed by atoms with Crippen molar-refractivity contribution in [2.24, 2.45) is 0 Å². The van der Waals surface area contributed by atoms with E-state index in [0.717, 1.165) is 24.2 Å². The molecule has 0 bridgehead atoms. The molecule has 0 aliphatic carbocycles. The number of nitrogens with zero attached hydrogens (tertiary/aromatic N) is 2. The average Bonchev–Trinajstić information content (AvgIpc) is 2.60. The van der Waals surface area contributed by atoms with Crippen LogP contribution in [0.1, 0.15) is 25.1 Å². The van der Waals surface area contributed by atoms with Crippen LogP contribution in [0.2, 0.25) is 0 Å². The highest BCUT2D eigenvalue weighted by atomic mass is 32.2. The molecule has 1 aromatic heterocycles. The third-order valence-electron chi connectivity index (χ3n) is 3.67. The van der Waals surface area contributed by atoms with Crippen LogP contribution in [0.4, 0.5) is 5.69 Å². The van der Waals surface area contributed by atoms with E-state index in [1.165, 1.54) is 42.4 Å². The Labute approximate surface area is 123 Å². The Kier molecular flexibility index (Phi) is 3.96. The van der Waals surface area contributed by atoms with Gasteiger partial charge in [-0.1, -0.05) is 6.42 Å². The number of thioether (sulfide) groups is 1. The van der Waals surface area contributed by atoms with Crippen molar-refractivity contribution in [1.82, 2.24) is 9.55 Å². The lowest BCUT2D eigenvalue weighted by Gasteiger charge is -2.06. The number of fused-ring (bicyclic) bond motifs is 3. The number of aryl methyl sites for hydroxylation is 2. The van der Waals surface area contributed by atoms with Crippen molar-refractivity contribution in [2.75, 3.05) is 17.3 Å². The number of hydrogen-bond donors (Lipinski definition) is 1. The van der Waals surface area contributed by atoms with Crippen molar-refractivity contribution in [1.29, 1.82) is 0 Å². The lowest BCUT2D eigenvalue weighted by atomic mass is 10.2. The van der Waals surface area contributed by atoms with E-state index < -0.39 is 0 Å². The number of carbonyl (C=O) groups excluding carboxylic acids is 1. The lowest BCUT2D eigenvalue weighted by molar-refractivity contribution is -0.113. The molecule has 4 nitrogen and oxygen atoms in total. The van der Waals surface area contributed by atoms with Crippen LogP contribution in [0.25, 0.3) is 11.0 Å². The van der Waals surface area contributed by atoms with Crippen LogP contribution >= 0.6 is 11.8 Å². The summed E-state index contributed by atoms with van der Waals surface area (Å²) in [5.74, 6) is 1.71. The van der Waals surface area contributed by atoms with Gasteiger partial charge in [0.2, 0.25) is 5.91 Å². The van der Waals surface area contributed by atoms with Gasteiger partial charge in [0.15, 0.2) is 0 Å². The zero-order valence-corrected chi connectivity index (χ0v) is 12.5. The summed E-state index contributed by atoms with van der Waals surface area (Å²) in [4.78, 5) is 16.4. The fourth-order valence-electron chi connectivity index (χ4n) is 2.76. The maximum absolute atomic E-state index is 11.6. The minimum Gasteiger partial charge on any atom is -0.328 e. The summed E-state index contributed by atoms with van der Waals surface area (Å²) < 4.78 is 2.33. The first-order valence-corrected chi connectivity index (χ1v) is 8.45. The highest BCUT2D eigenvalue weighted by Crippen LogP contribution is 2.24. The van der Waals surface area contributed by atoms with Crippen LogP contribution in [0.3, 0.4) is 0 Å². The highest BCUT2D eigenvalue weighted by molar-refractivity contribution is 7.99. The molecule has 106 valence electrons. The molecule has 0 saturated carbocycles. The summed E-state index contributed by atoms with van der Waals surface area (Å²) in [6.45, 7) is 1.06. The first-order valence-electron chi connectivity index (χ1n) is 7.06. The normalized spacial score (nSPS) is 14.8. The van der Waals surface area contributed by atoms with Gasteiger partial charge in [0.1, 0.15) is 5.82 Å². The zero-order valence-electron chi connectivity index (χ0n) is 11.7. The Morgan fingerprint density at radius 3 is 3.15 bits per heavy atom. The van der Waals surface area contributed by atoms with Gasteiger partial charge in [-0.15, -0.1) is 0 Å². The molecule has 20 heavy (non-hydrogen) atoms. The van der Waals surface area contributed by atoms with Crippen molar-refractivity contribution in [3.05, 3.63) is 24.0 Å². The Bertz CT molecular complexity index is 635. The van der Waals surface area contributed by atoms with Gasteiger partial charge >= 0.3 is 0 Å². The number of carbonyl (C=O) groups is 1. The lowest BCUT2D eigenvalue weighted by Crippen LogP contribution is -2.13. The number of imidazole rings is 1. The first kappa shape index (κ1) is 13.5. The molecule has 0 saturated heterocycles. The SMILES string of the molecule is CSCC(=O)Nc1ccc2c(c1)nc1n2CCCCC1. The predicted octanol–water partition coefficient (Wildman–Crippen LogP) is 3.06. The molecule has 5 heteroatoms. The number of nitrogens with one attached hydrogen (secondary N) is 1. The Hall–Kier alpha value is -1.49. The number of aromatic nitrogens is 2. The second kappa shape index (κ2) is 5.87. The maximum atomic E-state index is 11.6. The Morgan fingerprint density at radius 1 is 1.40 bits per heavy atom. The van der Waals surface area contributed by atoms with Crippen LogP contribution in [0.5, 0.6) is 0 Å². The van der Waals surface area contributed by atoms with Gasteiger partial charge in [-0.3, -0.25) is 4.79 Å². The van der Waals surface area contributed by atoms with Crippen molar-refractivity contribution in [2.45, 2.75) is 32.2 Å². The van der Waals surface area contributed by atoms with E-state index in [4.69, 9.17) is 4.98 Å². The molecule has 1 amide bonds. The molecule has 2 aromatic rings. The van der Waals surface area contributed by atoms with Crippen LogP contribution in [0.15, 0.2) is 18.2 Å². The van der Waals surface area contributed by atoms with Crippen molar-refractivity contribution in [3.63, 3.8) is 0 Å². The largest absolute Gasteiger partial charge is 0.328 e. The molecule has 1 N–H and O–H groups in total. The summed E-state index contributed by atoms with van der Waals surface area (Å²) in [7, 11) is 0. The van der Waals surface area contributed by atoms with Gasteiger partial charge in [0, 0.05) is 18.7 Å². The fraction of sp³-hybridized carbons (Fsp3) is 0.467. The van der Waals surface area contributed by atoms with E-state index in [-0.39, 0.29) is 5.91 Å². The van der Waals surface area contributed by atoms with E-state index in [1.54, 1.807) is 0 Å². The molecule has 0 fully saturated rings.